The fourth-order valence-electron chi connectivity index (χ4n) is 3.82. The van der Waals surface area contributed by atoms with Gasteiger partial charge in [0.1, 0.15) is 17.3 Å². The molecular weight excluding hydrogens is 326 g/mol. The van der Waals surface area contributed by atoms with Gasteiger partial charge in [-0.25, -0.2) is 4.79 Å². The SMILES string of the molecule is CC1=NC(=O)C2(CCCC2)C(=O)N1CCCC[C@@H]1NC(=O)COC1=O. The normalized spacial score (nSPS) is 25.9. The van der Waals surface area contributed by atoms with E-state index in [1.165, 1.54) is 0 Å². The van der Waals surface area contributed by atoms with E-state index in [9.17, 15) is 19.2 Å². The second-order valence-corrected chi connectivity index (χ2v) is 6.93. The number of nitrogens with zero attached hydrogens (tertiary/aromatic N) is 2. The highest BCUT2D eigenvalue weighted by molar-refractivity contribution is 6.18. The molecule has 0 aromatic rings. The molecule has 25 heavy (non-hydrogen) atoms. The van der Waals surface area contributed by atoms with E-state index in [1.54, 1.807) is 11.8 Å². The maximum absolute atomic E-state index is 12.9. The molecule has 1 saturated carbocycles. The first kappa shape index (κ1) is 17.6. The summed E-state index contributed by atoms with van der Waals surface area (Å²) in [6.07, 6.45) is 4.69. The van der Waals surface area contributed by atoms with Crippen molar-refractivity contribution in [3.8, 4) is 0 Å². The molecule has 2 aliphatic heterocycles. The van der Waals surface area contributed by atoms with E-state index in [1.807, 2.05) is 0 Å². The molecule has 3 rings (SSSR count). The number of hydrogen-bond acceptors (Lipinski definition) is 5. The highest BCUT2D eigenvalue weighted by atomic mass is 16.5. The zero-order valence-corrected chi connectivity index (χ0v) is 14.4. The van der Waals surface area contributed by atoms with Gasteiger partial charge in [0.15, 0.2) is 6.61 Å². The third-order valence-electron chi connectivity index (χ3n) is 5.26. The summed E-state index contributed by atoms with van der Waals surface area (Å²) in [7, 11) is 0. The second kappa shape index (κ2) is 6.93. The Morgan fingerprint density at radius 2 is 1.92 bits per heavy atom. The fraction of sp³-hybridized carbons (Fsp3) is 0.706. The molecule has 0 unspecified atom stereocenters. The van der Waals surface area contributed by atoms with Crippen molar-refractivity contribution >= 4 is 29.5 Å². The Morgan fingerprint density at radius 1 is 1.20 bits per heavy atom. The number of morpholine rings is 1. The summed E-state index contributed by atoms with van der Waals surface area (Å²) in [5.41, 5.74) is -0.944. The highest BCUT2D eigenvalue weighted by Gasteiger charge is 2.52. The molecule has 1 spiro atoms. The van der Waals surface area contributed by atoms with Crippen molar-refractivity contribution in [2.24, 2.45) is 10.4 Å². The molecule has 0 radical (unpaired) electrons. The summed E-state index contributed by atoms with van der Waals surface area (Å²) in [6.45, 7) is 1.92. The lowest BCUT2D eigenvalue weighted by molar-refractivity contribution is -0.157. The van der Waals surface area contributed by atoms with Gasteiger partial charge in [0.2, 0.25) is 5.91 Å². The number of carbonyl (C=O) groups is 4. The molecule has 1 saturated heterocycles. The van der Waals surface area contributed by atoms with Crippen molar-refractivity contribution < 1.29 is 23.9 Å². The Bertz CT molecular complexity index is 636. The summed E-state index contributed by atoms with van der Waals surface area (Å²) < 4.78 is 4.79. The first-order valence-corrected chi connectivity index (χ1v) is 8.82. The van der Waals surface area contributed by atoms with E-state index < -0.39 is 17.4 Å². The topological polar surface area (TPSA) is 105 Å². The third kappa shape index (κ3) is 3.29. The van der Waals surface area contributed by atoms with Crippen LogP contribution in [0.4, 0.5) is 0 Å². The number of rotatable bonds is 5. The van der Waals surface area contributed by atoms with Crippen LogP contribution in [0.1, 0.15) is 51.9 Å². The van der Waals surface area contributed by atoms with Crippen molar-refractivity contribution in [2.75, 3.05) is 13.2 Å². The van der Waals surface area contributed by atoms with Crippen molar-refractivity contribution in [1.82, 2.24) is 10.2 Å². The van der Waals surface area contributed by atoms with Gasteiger partial charge in [0.25, 0.3) is 11.8 Å². The minimum absolute atomic E-state index is 0.132. The van der Waals surface area contributed by atoms with Crippen molar-refractivity contribution in [2.45, 2.75) is 57.9 Å². The first-order valence-electron chi connectivity index (χ1n) is 8.82. The lowest BCUT2D eigenvalue weighted by Gasteiger charge is -2.36. The van der Waals surface area contributed by atoms with Crippen molar-refractivity contribution in [3.63, 3.8) is 0 Å². The Morgan fingerprint density at radius 3 is 2.64 bits per heavy atom. The van der Waals surface area contributed by atoms with Gasteiger partial charge in [-0.15, -0.1) is 0 Å². The van der Waals surface area contributed by atoms with Crippen molar-refractivity contribution in [3.05, 3.63) is 0 Å². The Labute approximate surface area is 146 Å². The number of cyclic esters (lactones) is 1. The van der Waals surface area contributed by atoms with Gasteiger partial charge in [-0.05, 0) is 39.0 Å². The van der Waals surface area contributed by atoms with Gasteiger partial charge < -0.3 is 10.1 Å². The van der Waals surface area contributed by atoms with Gasteiger partial charge in [0.05, 0.1) is 0 Å². The number of hydrogen-bond donors (Lipinski definition) is 1. The molecule has 1 aliphatic carbocycles. The minimum Gasteiger partial charge on any atom is -0.454 e. The molecular formula is C17H23N3O5. The molecule has 0 aromatic heterocycles. The third-order valence-corrected chi connectivity index (χ3v) is 5.26. The molecule has 8 heteroatoms. The van der Waals surface area contributed by atoms with Gasteiger partial charge in [-0.1, -0.05) is 12.8 Å². The molecule has 136 valence electrons. The molecule has 2 heterocycles. The Kier molecular flexibility index (Phi) is 4.87. The quantitative estimate of drug-likeness (QED) is 0.443. The summed E-state index contributed by atoms with van der Waals surface area (Å²) in [6, 6.07) is -0.615. The van der Waals surface area contributed by atoms with E-state index in [-0.39, 0.29) is 24.3 Å². The largest absolute Gasteiger partial charge is 0.454 e. The first-order chi connectivity index (χ1) is 11.9. The van der Waals surface area contributed by atoms with E-state index in [0.29, 0.717) is 44.5 Å². The lowest BCUT2D eigenvalue weighted by Crippen LogP contribution is -2.53. The van der Waals surface area contributed by atoms with Crippen LogP contribution in [-0.2, 0) is 23.9 Å². The van der Waals surface area contributed by atoms with E-state index in [0.717, 1.165) is 12.8 Å². The highest BCUT2D eigenvalue weighted by Crippen LogP contribution is 2.42. The zero-order chi connectivity index (χ0) is 18.0. The van der Waals surface area contributed by atoms with Crippen LogP contribution in [0.2, 0.25) is 0 Å². The number of unbranched alkanes of at least 4 members (excludes halogenated alkanes) is 1. The number of aliphatic imine (C=N–C) groups is 1. The lowest BCUT2D eigenvalue weighted by atomic mass is 9.82. The molecule has 2 fully saturated rings. The van der Waals surface area contributed by atoms with Crippen LogP contribution in [0.25, 0.3) is 0 Å². The zero-order valence-electron chi connectivity index (χ0n) is 14.4. The summed E-state index contributed by atoms with van der Waals surface area (Å²) in [4.78, 5) is 53.7. The molecule has 3 aliphatic rings. The number of amides is 3. The molecule has 3 amide bonds. The van der Waals surface area contributed by atoms with Gasteiger partial charge >= 0.3 is 5.97 Å². The predicted octanol–water partition coefficient (Wildman–Crippen LogP) is 0.546. The maximum Gasteiger partial charge on any atom is 0.329 e. The maximum atomic E-state index is 12.9. The van der Waals surface area contributed by atoms with Crippen LogP contribution in [-0.4, -0.2) is 53.6 Å². The molecule has 8 nitrogen and oxygen atoms in total. The van der Waals surface area contributed by atoms with Crippen molar-refractivity contribution in [1.29, 1.82) is 0 Å². The van der Waals surface area contributed by atoms with Crippen LogP contribution in [0.3, 0.4) is 0 Å². The van der Waals surface area contributed by atoms with Crippen LogP contribution in [0.5, 0.6) is 0 Å². The van der Waals surface area contributed by atoms with E-state index in [2.05, 4.69) is 10.3 Å². The van der Waals surface area contributed by atoms with E-state index in [4.69, 9.17) is 4.74 Å². The van der Waals surface area contributed by atoms with Gasteiger partial charge in [0, 0.05) is 6.54 Å². The summed E-state index contributed by atoms with van der Waals surface area (Å²) >= 11 is 0. The number of carbonyl (C=O) groups excluding carboxylic acids is 4. The summed E-state index contributed by atoms with van der Waals surface area (Å²) in [5, 5.41) is 2.61. The van der Waals surface area contributed by atoms with Crippen LogP contribution in [0, 0.1) is 5.41 Å². The Balaban J connectivity index is 1.55. The average Bonchev–Trinajstić information content (AvgIpc) is 3.06. The van der Waals surface area contributed by atoms with Crippen LogP contribution < -0.4 is 5.32 Å². The number of nitrogens with one attached hydrogen (secondary N) is 1. The van der Waals surface area contributed by atoms with Crippen LogP contribution in [0.15, 0.2) is 4.99 Å². The monoisotopic (exact) mass is 349 g/mol. The standard InChI is InChI=1S/C17H23N3O5/c1-11-18-15(23)17(7-3-4-8-17)16(24)20(11)9-5-2-6-12-14(22)25-10-13(21)19-12/h12H,2-10H2,1H3,(H,19,21)/t12-/m0/s1. The smallest absolute Gasteiger partial charge is 0.329 e. The number of amidine groups is 1. The van der Waals surface area contributed by atoms with Crippen LogP contribution >= 0.6 is 0 Å². The number of ether oxygens (including phenoxy) is 1. The average molecular weight is 349 g/mol. The summed E-state index contributed by atoms with van der Waals surface area (Å²) in [5.74, 6) is -0.690. The van der Waals surface area contributed by atoms with E-state index >= 15 is 0 Å². The fourth-order valence-corrected chi connectivity index (χ4v) is 3.82. The molecule has 1 N–H and O–H groups in total. The Hall–Kier alpha value is -2.25. The molecule has 0 bridgehead atoms. The van der Waals surface area contributed by atoms with Gasteiger partial charge in [-0.2, -0.15) is 4.99 Å². The second-order valence-electron chi connectivity index (χ2n) is 6.93. The molecule has 0 aromatic carbocycles. The van der Waals surface area contributed by atoms with Gasteiger partial charge in [-0.3, -0.25) is 19.3 Å². The number of esters is 1. The molecule has 1 atom stereocenters. The predicted molar refractivity (Wildman–Crippen MR) is 87.5 cm³/mol. The minimum atomic E-state index is -0.944.